The standard InChI is InChI=1S/C31H28F6N4O3/c32-30(33,34)23-8-4-6-21(16-23)18-38-26(42)19-40-20-41(25-10-2-1-3-11-25)29(28(40)44)12-14-39(15-13-29)27(43)22-7-5-9-24(17-22)31(35,36)37/h1-11,16-17H,12-15,18-20H2,(H,38,42). The van der Waals surface area contributed by atoms with E-state index < -0.39 is 40.8 Å². The van der Waals surface area contributed by atoms with E-state index in [9.17, 15) is 40.7 Å². The Hall–Kier alpha value is -4.55. The van der Waals surface area contributed by atoms with Crippen molar-refractivity contribution in [3.8, 4) is 0 Å². The molecule has 2 heterocycles. The van der Waals surface area contributed by atoms with Crippen LogP contribution in [0.4, 0.5) is 32.0 Å². The normalized spacial score (nSPS) is 16.9. The number of carbonyl (C=O) groups is 3. The minimum Gasteiger partial charge on any atom is -0.350 e. The Balaban J connectivity index is 1.29. The van der Waals surface area contributed by atoms with E-state index in [0.29, 0.717) is 5.69 Å². The number of hydrogen-bond acceptors (Lipinski definition) is 4. The molecule has 0 atom stereocenters. The topological polar surface area (TPSA) is 73.0 Å². The third kappa shape index (κ3) is 6.36. The lowest BCUT2D eigenvalue weighted by Gasteiger charge is -2.43. The van der Waals surface area contributed by atoms with Crippen LogP contribution in [0.15, 0.2) is 78.9 Å². The molecule has 7 nitrogen and oxygen atoms in total. The van der Waals surface area contributed by atoms with Gasteiger partial charge in [0.1, 0.15) is 12.1 Å². The van der Waals surface area contributed by atoms with Gasteiger partial charge >= 0.3 is 12.4 Å². The van der Waals surface area contributed by atoms with Crippen molar-refractivity contribution in [2.45, 2.75) is 37.3 Å². The Kier molecular flexibility index (Phi) is 8.32. The highest BCUT2D eigenvalue weighted by atomic mass is 19.4. The summed E-state index contributed by atoms with van der Waals surface area (Å²) in [5.74, 6) is -1.48. The molecule has 5 rings (SSSR count). The Bertz CT molecular complexity index is 1540. The monoisotopic (exact) mass is 618 g/mol. The Morgan fingerprint density at radius 3 is 2.05 bits per heavy atom. The number of rotatable bonds is 6. The maximum atomic E-state index is 13.9. The number of carbonyl (C=O) groups excluding carboxylic acids is 3. The van der Waals surface area contributed by atoms with Crippen molar-refractivity contribution in [2.24, 2.45) is 0 Å². The molecule has 0 aliphatic carbocycles. The van der Waals surface area contributed by atoms with Gasteiger partial charge in [-0.2, -0.15) is 26.3 Å². The number of benzene rings is 3. The number of halogens is 6. The number of para-hydroxylation sites is 1. The van der Waals surface area contributed by atoms with Crippen molar-refractivity contribution in [3.63, 3.8) is 0 Å². The van der Waals surface area contributed by atoms with Crippen LogP contribution in [0.25, 0.3) is 0 Å². The van der Waals surface area contributed by atoms with Gasteiger partial charge in [0.05, 0.1) is 17.8 Å². The van der Waals surface area contributed by atoms with Crippen LogP contribution in [0.2, 0.25) is 0 Å². The van der Waals surface area contributed by atoms with Crippen LogP contribution in [0.1, 0.15) is 39.9 Å². The molecule has 0 bridgehead atoms. The zero-order valence-corrected chi connectivity index (χ0v) is 23.3. The molecule has 44 heavy (non-hydrogen) atoms. The maximum absolute atomic E-state index is 13.9. The van der Waals surface area contributed by atoms with E-state index in [0.717, 1.165) is 24.3 Å². The summed E-state index contributed by atoms with van der Waals surface area (Å²) in [5, 5.41) is 2.57. The Labute approximate surface area is 249 Å². The van der Waals surface area contributed by atoms with Crippen molar-refractivity contribution < 1.29 is 40.7 Å². The fourth-order valence-corrected chi connectivity index (χ4v) is 5.70. The van der Waals surface area contributed by atoms with Gasteiger partial charge in [-0.05, 0) is 60.9 Å². The first-order chi connectivity index (χ1) is 20.8. The minimum absolute atomic E-state index is 0.0569. The molecule has 13 heteroatoms. The van der Waals surface area contributed by atoms with Crippen LogP contribution < -0.4 is 10.2 Å². The minimum atomic E-state index is -4.60. The Morgan fingerprint density at radius 2 is 1.41 bits per heavy atom. The number of hydrogen-bond donors (Lipinski definition) is 1. The van der Waals surface area contributed by atoms with Crippen molar-refractivity contribution in [3.05, 3.63) is 101 Å². The second kappa shape index (κ2) is 11.9. The third-order valence-corrected chi connectivity index (χ3v) is 7.98. The van der Waals surface area contributed by atoms with Crippen molar-refractivity contribution in [2.75, 3.05) is 31.2 Å². The maximum Gasteiger partial charge on any atom is 0.416 e. The van der Waals surface area contributed by atoms with Crippen molar-refractivity contribution in [1.29, 1.82) is 0 Å². The molecule has 0 aromatic heterocycles. The first-order valence-corrected chi connectivity index (χ1v) is 13.8. The number of likely N-dealkylation sites (tertiary alicyclic amines) is 1. The van der Waals surface area contributed by atoms with E-state index in [1.54, 1.807) is 12.1 Å². The molecular weight excluding hydrogens is 590 g/mol. The fourth-order valence-electron chi connectivity index (χ4n) is 5.70. The third-order valence-electron chi connectivity index (χ3n) is 7.98. The zero-order valence-electron chi connectivity index (χ0n) is 23.3. The van der Waals surface area contributed by atoms with Gasteiger partial charge in [0.25, 0.3) is 11.8 Å². The van der Waals surface area contributed by atoms with Gasteiger partial charge in [0.15, 0.2) is 0 Å². The van der Waals surface area contributed by atoms with E-state index in [4.69, 9.17) is 0 Å². The summed E-state index contributed by atoms with van der Waals surface area (Å²) < 4.78 is 78.7. The Morgan fingerprint density at radius 1 is 0.795 bits per heavy atom. The van der Waals surface area contributed by atoms with E-state index in [1.807, 2.05) is 23.1 Å². The molecule has 2 aliphatic rings. The molecular formula is C31H28F6N4O3. The van der Waals surface area contributed by atoms with Gasteiger partial charge in [-0.1, -0.05) is 36.4 Å². The molecule has 1 spiro atoms. The second-order valence-electron chi connectivity index (χ2n) is 10.8. The van der Waals surface area contributed by atoms with Crippen molar-refractivity contribution in [1.82, 2.24) is 15.1 Å². The van der Waals surface area contributed by atoms with E-state index in [1.165, 1.54) is 34.1 Å². The largest absolute Gasteiger partial charge is 0.416 e. The van der Waals surface area contributed by atoms with Crippen molar-refractivity contribution >= 4 is 23.4 Å². The first-order valence-electron chi connectivity index (χ1n) is 13.8. The SMILES string of the molecule is O=C(CN1CN(c2ccccc2)C2(CCN(C(=O)c3cccc(C(F)(F)F)c3)CC2)C1=O)NCc1cccc(C(F)(F)F)c1. The van der Waals surface area contributed by atoms with E-state index in [2.05, 4.69) is 5.32 Å². The number of nitrogens with zero attached hydrogens (tertiary/aromatic N) is 3. The lowest BCUT2D eigenvalue weighted by atomic mass is 9.85. The predicted molar refractivity (Wildman–Crippen MR) is 148 cm³/mol. The summed E-state index contributed by atoms with van der Waals surface area (Å²) in [6, 6.07) is 17.8. The molecule has 232 valence electrons. The summed E-state index contributed by atoms with van der Waals surface area (Å²) >= 11 is 0. The zero-order chi connectivity index (χ0) is 31.7. The second-order valence-corrected chi connectivity index (χ2v) is 10.8. The number of amides is 3. The van der Waals surface area contributed by atoms with Gasteiger partial charge in [0, 0.05) is 30.9 Å². The quantitative estimate of drug-likeness (QED) is 0.380. The van der Waals surface area contributed by atoms with E-state index >= 15 is 0 Å². The first kappa shape index (κ1) is 30.9. The van der Waals surface area contributed by atoms with Gasteiger partial charge < -0.3 is 20.0 Å². The average Bonchev–Trinajstić information content (AvgIpc) is 3.26. The van der Waals surface area contributed by atoms with Crippen LogP contribution in [0, 0.1) is 0 Å². The molecule has 0 saturated carbocycles. The van der Waals surface area contributed by atoms with Gasteiger partial charge in [-0.3, -0.25) is 14.4 Å². The molecule has 1 N–H and O–H groups in total. The molecule has 3 amide bonds. The number of piperidine rings is 1. The van der Waals surface area contributed by atoms with Crippen LogP contribution in [-0.2, 0) is 28.5 Å². The highest BCUT2D eigenvalue weighted by Crippen LogP contribution is 2.40. The number of nitrogens with one attached hydrogen (secondary N) is 1. The molecule has 3 aromatic carbocycles. The summed E-state index contributed by atoms with van der Waals surface area (Å²) in [7, 11) is 0. The van der Waals surface area contributed by atoms with E-state index in [-0.39, 0.29) is 62.7 Å². The lowest BCUT2D eigenvalue weighted by Crippen LogP contribution is -2.57. The van der Waals surface area contributed by atoms with Crippen LogP contribution >= 0.6 is 0 Å². The molecule has 2 saturated heterocycles. The molecule has 2 aliphatic heterocycles. The number of anilines is 1. The average molecular weight is 619 g/mol. The van der Waals surface area contributed by atoms with Crippen LogP contribution in [0.5, 0.6) is 0 Å². The van der Waals surface area contributed by atoms with Gasteiger partial charge in [0.2, 0.25) is 5.91 Å². The van der Waals surface area contributed by atoms with Crippen LogP contribution in [-0.4, -0.2) is 59.4 Å². The van der Waals surface area contributed by atoms with Gasteiger partial charge in [-0.25, -0.2) is 0 Å². The summed E-state index contributed by atoms with van der Waals surface area (Å²) in [6.45, 7) is -0.248. The van der Waals surface area contributed by atoms with Gasteiger partial charge in [-0.15, -0.1) is 0 Å². The molecule has 0 radical (unpaired) electrons. The smallest absolute Gasteiger partial charge is 0.350 e. The highest BCUT2D eigenvalue weighted by Gasteiger charge is 2.54. The molecule has 0 unspecified atom stereocenters. The predicted octanol–water partition coefficient (Wildman–Crippen LogP) is 5.32. The summed E-state index contributed by atoms with van der Waals surface area (Å²) in [4.78, 5) is 44.5. The highest BCUT2D eigenvalue weighted by molar-refractivity contribution is 5.97. The number of alkyl halides is 6. The lowest BCUT2D eigenvalue weighted by molar-refractivity contribution is -0.138. The summed E-state index contributed by atoms with van der Waals surface area (Å²) in [6.07, 6.45) is -8.77. The fraction of sp³-hybridized carbons (Fsp3) is 0.323. The van der Waals surface area contributed by atoms with Crippen LogP contribution in [0.3, 0.4) is 0 Å². The molecule has 2 fully saturated rings. The summed E-state index contributed by atoms with van der Waals surface area (Å²) in [5.41, 5.74) is -2.01. The molecule has 3 aromatic rings.